The fourth-order valence-corrected chi connectivity index (χ4v) is 4.58. The monoisotopic (exact) mass is 278 g/mol. The van der Waals surface area contributed by atoms with Crippen LogP contribution in [0.5, 0.6) is 0 Å². The van der Waals surface area contributed by atoms with Gasteiger partial charge in [0, 0.05) is 39.6 Å². The Balaban J connectivity index is 3.50. The minimum atomic E-state index is -0.441. The van der Waals surface area contributed by atoms with Gasteiger partial charge in [-0.05, 0) is 22.5 Å². The highest BCUT2D eigenvalue weighted by molar-refractivity contribution is 6.75. The smallest absolute Gasteiger partial charge is 0.0820 e. The van der Waals surface area contributed by atoms with Gasteiger partial charge in [0.25, 0.3) is 0 Å². The number of rotatable bonds is 4. The fourth-order valence-electron chi connectivity index (χ4n) is 2.12. The van der Waals surface area contributed by atoms with E-state index in [9.17, 15) is 0 Å². The largest absolute Gasteiger partial charge is 0.378 e. The van der Waals surface area contributed by atoms with Gasteiger partial charge in [-0.15, -0.1) is 0 Å². The van der Waals surface area contributed by atoms with E-state index in [1.807, 2.05) is 0 Å². The van der Waals surface area contributed by atoms with Crippen LogP contribution in [0.2, 0.25) is 26.2 Å². The van der Waals surface area contributed by atoms with E-state index in [4.69, 9.17) is 0 Å². The summed E-state index contributed by atoms with van der Waals surface area (Å²) < 4.78 is 0. The molecule has 2 radical (unpaired) electrons. The van der Waals surface area contributed by atoms with Gasteiger partial charge in [-0.3, -0.25) is 0 Å². The Bertz CT molecular complexity index is 338. The molecule has 0 atom stereocenters. The summed E-state index contributed by atoms with van der Waals surface area (Å²) >= 11 is 0. The summed E-state index contributed by atoms with van der Waals surface area (Å²) in [6.07, 6.45) is 0. The molecule has 0 bridgehead atoms. The summed E-state index contributed by atoms with van der Waals surface area (Å²) in [6, 6.07) is 4.85. The second-order valence-electron chi connectivity index (χ2n) is 5.68. The van der Waals surface area contributed by atoms with Crippen LogP contribution in [-0.4, -0.2) is 45.8 Å². The first-order chi connectivity index (χ1) is 8.25. The molecule has 0 aliphatic heterocycles. The van der Waals surface area contributed by atoms with Crippen LogP contribution in [0.15, 0.2) is 12.1 Å². The summed E-state index contributed by atoms with van der Waals surface area (Å²) in [4.78, 5) is 4.53. The number of nitrogens with zero attached hydrogens (tertiary/aromatic N) is 2. The molecule has 0 saturated heterocycles. The molecule has 0 amide bonds. The molecule has 0 spiro atoms. The van der Waals surface area contributed by atoms with E-state index in [1.165, 1.54) is 11.4 Å². The van der Waals surface area contributed by atoms with E-state index < -0.39 is 17.6 Å². The van der Waals surface area contributed by atoms with Crippen LogP contribution in [0.3, 0.4) is 0 Å². The summed E-state index contributed by atoms with van der Waals surface area (Å²) in [5.41, 5.74) is 2.83. The van der Waals surface area contributed by atoms with Gasteiger partial charge in [0.15, 0.2) is 0 Å². The quantitative estimate of drug-likeness (QED) is 0.774. The van der Waals surface area contributed by atoms with Crippen LogP contribution >= 0.6 is 0 Å². The van der Waals surface area contributed by atoms with E-state index in [1.54, 1.807) is 10.4 Å². The van der Waals surface area contributed by atoms with E-state index in [2.05, 4.69) is 76.3 Å². The Morgan fingerprint density at radius 1 is 0.667 bits per heavy atom. The van der Waals surface area contributed by atoms with E-state index in [-0.39, 0.29) is 0 Å². The lowest BCUT2D eigenvalue weighted by atomic mass is 10.2. The minimum absolute atomic E-state index is 0.441. The molecule has 0 unspecified atom stereocenters. The second kappa shape index (κ2) is 5.93. The molecule has 0 saturated carbocycles. The normalized spacial score (nSPS) is 11.2. The van der Waals surface area contributed by atoms with Crippen molar-refractivity contribution in [2.45, 2.75) is 26.2 Å². The summed E-state index contributed by atoms with van der Waals surface area (Å²) in [6.45, 7) is 9.48. The third-order valence-electron chi connectivity index (χ3n) is 3.15. The van der Waals surface area contributed by atoms with Crippen LogP contribution < -0.4 is 20.2 Å². The number of anilines is 2. The van der Waals surface area contributed by atoms with Crippen LogP contribution in [-0.2, 0) is 0 Å². The molecule has 0 N–H and O–H groups in total. The molecule has 1 aromatic rings. The maximum Gasteiger partial charge on any atom is 0.0820 e. The molecule has 2 nitrogen and oxygen atoms in total. The van der Waals surface area contributed by atoms with Crippen LogP contribution in [0.25, 0.3) is 0 Å². The maximum absolute atomic E-state index is 2.43. The van der Waals surface area contributed by atoms with Gasteiger partial charge in [0.05, 0.1) is 17.6 Å². The van der Waals surface area contributed by atoms with Crippen molar-refractivity contribution >= 4 is 39.3 Å². The van der Waals surface area contributed by atoms with E-state index in [0.717, 1.165) is 0 Å². The molecule has 0 aliphatic rings. The molecule has 0 aromatic heterocycles. The van der Waals surface area contributed by atoms with Gasteiger partial charge < -0.3 is 9.80 Å². The Labute approximate surface area is 116 Å². The molecular weight excluding hydrogens is 252 g/mol. The van der Waals surface area contributed by atoms with Crippen LogP contribution in [0.1, 0.15) is 0 Å². The lowest BCUT2D eigenvalue weighted by Gasteiger charge is -2.26. The predicted molar refractivity (Wildman–Crippen MR) is 89.3 cm³/mol. The van der Waals surface area contributed by atoms with E-state index in [0.29, 0.717) is 0 Å². The number of hydrogen-bond donors (Lipinski definition) is 0. The van der Waals surface area contributed by atoms with Gasteiger partial charge in [-0.1, -0.05) is 26.2 Å². The average molecular weight is 279 g/mol. The zero-order chi connectivity index (χ0) is 14.0. The van der Waals surface area contributed by atoms with Crippen LogP contribution in [0, 0.1) is 0 Å². The minimum Gasteiger partial charge on any atom is -0.378 e. The van der Waals surface area contributed by atoms with Crippen molar-refractivity contribution in [3.63, 3.8) is 0 Å². The topological polar surface area (TPSA) is 6.48 Å². The molecular formula is C14H26N2Si2. The first-order valence-corrected chi connectivity index (χ1v) is 11.4. The van der Waals surface area contributed by atoms with Gasteiger partial charge in [0.2, 0.25) is 0 Å². The first kappa shape index (κ1) is 15.3. The molecule has 4 heteroatoms. The highest BCUT2D eigenvalue weighted by Gasteiger charge is 2.17. The Kier molecular flexibility index (Phi) is 5.04. The molecule has 1 rings (SSSR count). The fraction of sp³-hybridized carbons (Fsp3) is 0.571. The number of hydrogen-bond acceptors (Lipinski definition) is 2. The lowest BCUT2D eigenvalue weighted by molar-refractivity contribution is 1.12. The number of benzene rings is 1. The molecule has 100 valence electrons. The average Bonchev–Trinajstić information content (AvgIpc) is 2.26. The Morgan fingerprint density at radius 3 is 1.11 bits per heavy atom. The lowest BCUT2D eigenvalue weighted by Crippen LogP contribution is -2.37. The zero-order valence-electron chi connectivity index (χ0n) is 13.0. The molecule has 0 fully saturated rings. The first-order valence-electron chi connectivity index (χ1n) is 6.39. The van der Waals surface area contributed by atoms with Crippen molar-refractivity contribution in [1.29, 1.82) is 0 Å². The molecule has 0 aliphatic carbocycles. The third kappa shape index (κ3) is 3.17. The van der Waals surface area contributed by atoms with Gasteiger partial charge in [0.1, 0.15) is 0 Å². The van der Waals surface area contributed by atoms with Gasteiger partial charge >= 0.3 is 0 Å². The summed E-state index contributed by atoms with van der Waals surface area (Å²) in [5, 5.41) is 3.08. The zero-order valence-corrected chi connectivity index (χ0v) is 15.0. The van der Waals surface area contributed by atoms with Crippen molar-refractivity contribution in [1.82, 2.24) is 0 Å². The van der Waals surface area contributed by atoms with Crippen molar-refractivity contribution in [3.8, 4) is 0 Å². The van der Waals surface area contributed by atoms with Gasteiger partial charge in [-0.25, -0.2) is 0 Å². The van der Waals surface area contributed by atoms with Crippen molar-refractivity contribution in [2.75, 3.05) is 38.0 Å². The summed E-state index contributed by atoms with van der Waals surface area (Å²) in [7, 11) is 7.73. The van der Waals surface area contributed by atoms with E-state index >= 15 is 0 Å². The maximum atomic E-state index is 2.43. The Hall–Kier alpha value is -0.746. The van der Waals surface area contributed by atoms with Crippen molar-refractivity contribution < 1.29 is 0 Å². The van der Waals surface area contributed by atoms with Crippen molar-refractivity contribution in [3.05, 3.63) is 12.1 Å². The highest BCUT2D eigenvalue weighted by atomic mass is 28.3. The Morgan fingerprint density at radius 2 is 0.944 bits per heavy atom. The molecule has 18 heavy (non-hydrogen) atoms. The van der Waals surface area contributed by atoms with Crippen LogP contribution in [0.4, 0.5) is 11.4 Å². The highest BCUT2D eigenvalue weighted by Crippen LogP contribution is 2.16. The third-order valence-corrected chi connectivity index (χ3v) is 6.11. The SMILES string of the molecule is CN(C)c1cc([Si](C)C)c(N(C)C)cc1[Si](C)C. The summed E-state index contributed by atoms with van der Waals surface area (Å²) in [5.74, 6) is 0. The second-order valence-corrected chi connectivity index (χ2v) is 10.8. The molecule has 1 aromatic carbocycles. The van der Waals surface area contributed by atoms with Crippen molar-refractivity contribution in [2.24, 2.45) is 0 Å². The van der Waals surface area contributed by atoms with Gasteiger partial charge in [-0.2, -0.15) is 0 Å². The molecule has 0 heterocycles. The standard InChI is InChI=1S/C14H26N2Si2/c1-15(2)11-9-14(18(7)8)12(16(3)4)10-13(11)17(5)6/h9-10H,1-8H3. The predicted octanol–water partition coefficient (Wildman–Crippen LogP) is 1.74.